The predicted octanol–water partition coefficient (Wildman–Crippen LogP) is 3.10. The molecule has 2 aromatic rings. The summed E-state index contributed by atoms with van der Waals surface area (Å²) in [5.74, 6) is -0.153. The lowest BCUT2D eigenvalue weighted by molar-refractivity contribution is -0.133. The lowest BCUT2D eigenvalue weighted by Gasteiger charge is -2.17. The van der Waals surface area contributed by atoms with E-state index < -0.39 is 5.97 Å². The van der Waals surface area contributed by atoms with Crippen LogP contribution in [0.5, 0.6) is 5.75 Å². The van der Waals surface area contributed by atoms with Crippen LogP contribution in [-0.2, 0) is 9.53 Å². The highest BCUT2D eigenvalue weighted by molar-refractivity contribution is 6.30. The maximum absolute atomic E-state index is 12.1. The zero-order chi connectivity index (χ0) is 19.8. The highest BCUT2D eigenvalue weighted by Crippen LogP contribution is 2.15. The quantitative estimate of drug-likeness (QED) is 0.648. The summed E-state index contributed by atoms with van der Waals surface area (Å²) in [5, 5.41) is 0.632. The molecule has 0 fully saturated rings. The summed E-state index contributed by atoms with van der Waals surface area (Å²) < 4.78 is 10.6. The molecule has 0 aliphatic heterocycles. The van der Waals surface area contributed by atoms with E-state index in [1.165, 1.54) is 4.90 Å². The van der Waals surface area contributed by atoms with E-state index in [9.17, 15) is 9.59 Å². The Morgan fingerprint density at radius 1 is 0.963 bits per heavy atom. The van der Waals surface area contributed by atoms with Crippen molar-refractivity contribution in [3.8, 4) is 5.75 Å². The minimum atomic E-state index is -0.528. The zero-order valence-corrected chi connectivity index (χ0v) is 16.4. The largest absolute Gasteiger partial charge is 0.492 e. The van der Waals surface area contributed by atoms with E-state index in [0.29, 0.717) is 29.5 Å². The zero-order valence-electron chi connectivity index (χ0n) is 15.6. The maximum Gasteiger partial charge on any atom is 0.338 e. The van der Waals surface area contributed by atoms with E-state index >= 15 is 0 Å². The number of rotatable bonds is 8. The normalized spacial score (nSPS) is 10.2. The van der Waals surface area contributed by atoms with Gasteiger partial charge in [0.2, 0.25) is 0 Å². The van der Waals surface area contributed by atoms with Crippen molar-refractivity contribution in [1.82, 2.24) is 4.90 Å². The number of nitrogens with zero attached hydrogens (tertiary/aromatic N) is 2. The molecule has 0 atom stereocenters. The highest BCUT2D eigenvalue weighted by Gasteiger charge is 2.13. The van der Waals surface area contributed by atoms with Crippen LogP contribution in [0.4, 0.5) is 5.69 Å². The van der Waals surface area contributed by atoms with Gasteiger partial charge in [0.15, 0.2) is 6.61 Å². The number of carbonyl (C=O) groups is 2. The van der Waals surface area contributed by atoms with Gasteiger partial charge < -0.3 is 19.3 Å². The first-order chi connectivity index (χ1) is 12.9. The van der Waals surface area contributed by atoms with Crippen molar-refractivity contribution >= 4 is 29.2 Å². The van der Waals surface area contributed by atoms with E-state index in [4.69, 9.17) is 21.1 Å². The van der Waals surface area contributed by atoms with Crippen LogP contribution in [0, 0.1) is 0 Å². The Morgan fingerprint density at radius 2 is 1.59 bits per heavy atom. The molecule has 6 nitrogen and oxygen atoms in total. The van der Waals surface area contributed by atoms with Gasteiger partial charge in [-0.05, 0) is 48.5 Å². The Hall–Kier alpha value is -2.73. The molecule has 0 spiro atoms. The first-order valence-electron chi connectivity index (χ1n) is 8.43. The standard InChI is InChI=1S/C20H23ClN2O4/c1-22(2)17-8-4-15(5-9-17)20(25)27-14-19(24)23(3)12-13-26-18-10-6-16(21)7-11-18/h4-11H,12-14H2,1-3H3. The molecule has 0 unspecified atom stereocenters. The smallest absolute Gasteiger partial charge is 0.338 e. The van der Waals surface area contributed by atoms with Gasteiger partial charge in [-0.25, -0.2) is 4.79 Å². The van der Waals surface area contributed by atoms with E-state index in [-0.39, 0.29) is 12.5 Å². The number of amides is 1. The van der Waals surface area contributed by atoms with Gasteiger partial charge >= 0.3 is 5.97 Å². The van der Waals surface area contributed by atoms with E-state index in [1.54, 1.807) is 43.4 Å². The number of halogens is 1. The fraction of sp³-hybridized carbons (Fsp3) is 0.300. The number of likely N-dealkylation sites (N-methyl/N-ethyl adjacent to an activating group) is 1. The molecule has 2 aromatic carbocycles. The van der Waals surface area contributed by atoms with Crippen molar-refractivity contribution in [2.75, 3.05) is 45.8 Å². The van der Waals surface area contributed by atoms with Crippen molar-refractivity contribution in [3.05, 3.63) is 59.1 Å². The van der Waals surface area contributed by atoms with E-state index in [1.807, 2.05) is 31.1 Å². The summed E-state index contributed by atoms with van der Waals surface area (Å²) in [6, 6.07) is 14.0. The molecule has 0 aliphatic rings. The highest BCUT2D eigenvalue weighted by atomic mass is 35.5. The van der Waals surface area contributed by atoms with E-state index in [2.05, 4.69) is 0 Å². The average Bonchev–Trinajstić information content (AvgIpc) is 2.67. The number of esters is 1. The molecule has 0 aliphatic carbocycles. The Morgan fingerprint density at radius 3 is 2.19 bits per heavy atom. The predicted molar refractivity (Wildman–Crippen MR) is 106 cm³/mol. The Labute approximate surface area is 164 Å². The molecule has 0 N–H and O–H groups in total. The molecule has 0 saturated heterocycles. The Bertz CT molecular complexity index is 761. The topological polar surface area (TPSA) is 59.1 Å². The molecule has 144 valence electrons. The SMILES string of the molecule is CN(CCOc1ccc(Cl)cc1)C(=O)COC(=O)c1ccc(N(C)C)cc1. The van der Waals surface area contributed by atoms with Gasteiger partial charge in [-0.2, -0.15) is 0 Å². The number of anilines is 1. The Balaban J connectivity index is 1.73. The fourth-order valence-corrected chi connectivity index (χ4v) is 2.30. The lowest BCUT2D eigenvalue weighted by Crippen LogP contribution is -2.34. The van der Waals surface area contributed by atoms with Crippen molar-refractivity contribution in [2.45, 2.75) is 0 Å². The molecular weight excluding hydrogens is 368 g/mol. The van der Waals surface area contributed by atoms with Gasteiger partial charge in [0.1, 0.15) is 12.4 Å². The first kappa shape index (κ1) is 20.6. The van der Waals surface area contributed by atoms with Crippen LogP contribution in [0.25, 0.3) is 0 Å². The molecule has 27 heavy (non-hydrogen) atoms. The number of benzene rings is 2. The second-order valence-corrected chi connectivity index (χ2v) is 6.57. The first-order valence-corrected chi connectivity index (χ1v) is 8.81. The molecule has 0 radical (unpaired) electrons. The van der Waals surface area contributed by atoms with Gasteiger partial charge in [-0.15, -0.1) is 0 Å². The summed E-state index contributed by atoms with van der Waals surface area (Å²) in [6.45, 7) is 0.381. The fourth-order valence-electron chi connectivity index (χ4n) is 2.17. The monoisotopic (exact) mass is 390 g/mol. The van der Waals surface area contributed by atoms with Crippen molar-refractivity contribution in [2.24, 2.45) is 0 Å². The second kappa shape index (κ2) is 9.83. The number of carbonyl (C=O) groups excluding carboxylic acids is 2. The van der Waals surface area contributed by atoms with Gasteiger partial charge in [0.25, 0.3) is 5.91 Å². The number of hydrogen-bond donors (Lipinski definition) is 0. The third kappa shape index (κ3) is 6.49. The summed E-state index contributed by atoms with van der Waals surface area (Å²) in [5.41, 5.74) is 1.38. The average molecular weight is 391 g/mol. The van der Waals surface area contributed by atoms with Gasteiger partial charge in [-0.3, -0.25) is 4.79 Å². The maximum atomic E-state index is 12.1. The molecule has 0 saturated carbocycles. The van der Waals surface area contributed by atoms with Crippen LogP contribution >= 0.6 is 11.6 Å². The summed E-state index contributed by atoms with van der Waals surface area (Å²) in [6.07, 6.45) is 0. The molecule has 7 heteroatoms. The molecule has 0 aromatic heterocycles. The van der Waals surface area contributed by atoms with Crippen LogP contribution in [0.3, 0.4) is 0 Å². The molecule has 1 amide bonds. The summed E-state index contributed by atoms with van der Waals surface area (Å²) >= 11 is 5.81. The van der Waals surface area contributed by atoms with Gasteiger partial charge in [0, 0.05) is 31.9 Å². The van der Waals surface area contributed by atoms with Crippen molar-refractivity contribution in [3.63, 3.8) is 0 Å². The second-order valence-electron chi connectivity index (χ2n) is 6.14. The van der Waals surface area contributed by atoms with Crippen molar-refractivity contribution < 1.29 is 19.1 Å². The minimum Gasteiger partial charge on any atom is -0.492 e. The van der Waals surface area contributed by atoms with Crippen LogP contribution in [0.15, 0.2) is 48.5 Å². The molecule has 0 heterocycles. The van der Waals surface area contributed by atoms with Crippen LogP contribution in [0.1, 0.15) is 10.4 Å². The third-order valence-corrected chi connectivity index (χ3v) is 4.13. The lowest BCUT2D eigenvalue weighted by atomic mass is 10.2. The number of hydrogen-bond acceptors (Lipinski definition) is 5. The van der Waals surface area contributed by atoms with Gasteiger partial charge in [-0.1, -0.05) is 11.6 Å². The Kier molecular flexibility index (Phi) is 7.49. The van der Waals surface area contributed by atoms with Crippen LogP contribution in [0.2, 0.25) is 5.02 Å². The van der Waals surface area contributed by atoms with Crippen LogP contribution in [-0.4, -0.2) is 57.7 Å². The van der Waals surface area contributed by atoms with Gasteiger partial charge in [0.05, 0.1) is 12.1 Å². The molecule has 0 bridgehead atoms. The molecular formula is C20H23ClN2O4. The molecule has 2 rings (SSSR count). The summed E-state index contributed by atoms with van der Waals surface area (Å²) in [7, 11) is 5.46. The van der Waals surface area contributed by atoms with Crippen molar-refractivity contribution in [1.29, 1.82) is 0 Å². The number of ether oxygens (including phenoxy) is 2. The minimum absolute atomic E-state index is 0.298. The summed E-state index contributed by atoms with van der Waals surface area (Å²) in [4.78, 5) is 27.5. The van der Waals surface area contributed by atoms with Crippen LogP contribution < -0.4 is 9.64 Å². The van der Waals surface area contributed by atoms with E-state index in [0.717, 1.165) is 5.69 Å². The third-order valence-electron chi connectivity index (χ3n) is 3.88.